The molecular weight excluding hydrogens is 207 g/mol. The van der Waals surface area contributed by atoms with Gasteiger partial charge in [0, 0.05) is 6.61 Å². The van der Waals surface area contributed by atoms with E-state index in [1.165, 1.54) is 0 Å². The van der Waals surface area contributed by atoms with E-state index in [9.17, 15) is 4.39 Å². The Balaban J connectivity index is 2.31. The monoisotopic (exact) mass is 230 g/mol. The minimum absolute atomic E-state index is 0.239. The van der Waals surface area contributed by atoms with Crippen molar-refractivity contribution in [3.63, 3.8) is 0 Å². The predicted octanol–water partition coefficient (Wildman–Crippen LogP) is 3.61. The predicted molar refractivity (Wildman–Crippen MR) is 63.1 cm³/mol. The van der Waals surface area contributed by atoms with Crippen LogP contribution < -0.4 is 0 Å². The van der Waals surface area contributed by atoms with Crippen molar-refractivity contribution in [1.29, 1.82) is 0 Å². The number of rotatable bonds is 7. The zero-order chi connectivity index (χ0) is 11.8. The van der Waals surface area contributed by atoms with Crippen LogP contribution >= 0.6 is 0 Å². The first kappa shape index (κ1) is 13.7. The molecule has 0 aromatic rings. The number of alkyl halides is 1. The topological polar surface area (TPSA) is 18.5 Å². The molecule has 0 bridgehead atoms. The van der Waals surface area contributed by atoms with E-state index in [-0.39, 0.29) is 6.29 Å². The lowest BCUT2D eigenvalue weighted by molar-refractivity contribution is -0.189. The third-order valence-corrected chi connectivity index (χ3v) is 2.87. The number of hydrogen-bond acceptors (Lipinski definition) is 2. The van der Waals surface area contributed by atoms with Crippen molar-refractivity contribution >= 4 is 0 Å². The van der Waals surface area contributed by atoms with Crippen LogP contribution in [0.2, 0.25) is 0 Å². The summed E-state index contributed by atoms with van der Waals surface area (Å²) in [5.41, 5.74) is 0. The van der Waals surface area contributed by atoms with E-state index >= 15 is 0 Å². The number of hydrogen-bond donors (Lipinski definition) is 0. The Kier molecular flexibility index (Phi) is 6.65. The van der Waals surface area contributed by atoms with Crippen LogP contribution in [0.25, 0.3) is 0 Å². The molecule has 0 saturated carbocycles. The zero-order valence-electron chi connectivity index (χ0n) is 10.2. The van der Waals surface area contributed by atoms with Gasteiger partial charge in [0.25, 0.3) is 0 Å². The average molecular weight is 230 g/mol. The van der Waals surface area contributed by atoms with Crippen LogP contribution in [0.1, 0.15) is 45.4 Å². The summed E-state index contributed by atoms with van der Waals surface area (Å²) in [5.74, 6) is 0. The van der Waals surface area contributed by atoms with E-state index in [2.05, 4.69) is 13.5 Å². The summed E-state index contributed by atoms with van der Waals surface area (Å²) in [6.07, 6.45) is 5.32. The Morgan fingerprint density at radius 2 is 2.38 bits per heavy atom. The smallest absolute Gasteiger partial charge is 0.158 e. The Morgan fingerprint density at radius 1 is 1.56 bits per heavy atom. The summed E-state index contributed by atoms with van der Waals surface area (Å²) < 4.78 is 24.8. The van der Waals surface area contributed by atoms with Gasteiger partial charge in [-0.25, -0.2) is 4.39 Å². The normalized spacial score (nSPS) is 25.0. The van der Waals surface area contributed by atoms with Gasteiger partial charge in [-0.15, -0.1) is 6.58 Å². The van der Waals surface area contributed by atoms with Crippen molar-refractivity contribution in [3.8, 4) is 0 Å². The second-order valence-corrected chi connectivity index (χ2v) is 4.29. The van der Waals surface area contributed by atoms with E-state index < -0.39 is 12.3 Å². The number of halogens is 1. The molecular formula is C13H23FO2. The number of unbranched alkanes of at least 4 members (excludes halogenated alkanes) is 1. The van der Waals surface area contributed by atoms with E-state index in [4.69, 9.17) is 9.47 Å². The maximum absolute atomic E-state index is 13.8. The molecule has 3 heteroatoms. The van der Waals surface area contributed by atoms with Gasteiger partial charge in [-0.05, 0) is 25.7 Å². The standard InChI is InChI=1S/C13H23FO2/c1-3-5-8-11(14)12(4-2)16-13-9-6-7-10-15-13/h4,11-13H,2-3,5-10H2,1H3. The van der Waals surface area contributed by atoms with Crippen LogP contribution in [0.5, 0.6) is 0 Å². The molecule has 1 fully saturated rings. The molecule has 1 rings (SSSR count). The van der Waals surface area contributed by atoms with Gasteiger partial charge in [0.15, 0.2) is 6.29 Å². The molecule has 16 heavy (non-hydrogen) atoms. The molecule has 1 saturated heterocycles. The fourth-order valence-electron chi connectivity index (χ4n) is 1.85. The molecule has 0 amide bonds. The Hall–Kier alpha value is -0.410. The van der Waals surface area contributed by atoms with Crippen molar-refractivity contribution in [2.24, 2.45) is 0 Å². The summed E-state index contributed by atoms with van der Waals surface area (Å²) >= 11 is 0. The first-order chi connectivity index (χ1) is 7.77. The van der Waals surface area contributed by atoms with Gasteiger partial charge < -0.3 is 9.47 Å². The van der Waals surface area contributed by atoms with Gasteiger partial charge in [0.05, 0.1) is 0 Å². The fraction of sp³-hybridized carbons (Fsp3) is 0.846. The molecule has 0 aromatic carbocycles. The Morgan fingerprint density at radius 3 is 2.94 bits per heavy atom. The highest BCUT2D eigenvalue weighted by molar-refractivity contribution is 4.87. The van der Waals surface area contributed by atoms with Crippen molar-refractivity contribution in [3.05, 3.63) is 12.7 Å². The van der Waals surface area contributed by atoms with E-state index in [0.29, 0.717) is 6.42 Å². The van der Waals surface area contributed by atoms with Crippen molar-refractivity contribution < 1.29 is 13.9 Å². The molecule has 1 aliphatic rings. The van der Waals surface area contributed by atoms with E-state index in [1.54, 1.807) is 6.08 Å². The quantitative estimate of drug-likeness (QED) is 0.622. The molecule has 3 unspecified atom stereocenters. The molecule has 1 aliphatic heterocycles. The second kappa shape index (κ2) is 7.80. The minimum Gasteiger partial charge on any atom is -0.353 e. The van der Waals surface area contributed by atoms with Crippen molar-refractivity contribution in [1.82, 2.24) is 0 Å². The molecule has 0 spiro atoms. The van der Waals surface area contributed by atoms with Crippen LogP contribution in [0, 0.1) is 0 Å². The average Bonchev–Trinajstić information content (AvgIpc) is 2.34. The third kappa shape index (κ3) is 4.62. The zero-order valence-corrected chi connectivity index (χ0v) is 10.2. The highest BCUT2D eigenvalue weighted by Gasteiger charge is 2.24. The Labute approximate surface area is 97.8 Å². The van der Waals surface area contributed by atoms with Gasteiger partial charge in [0.1, 0.15) is 12.3 Å². The summed E-state index contributed by atoms with van der Waals surface area (Å²) in [6.45, 7) is 6.41. The van der Waals surface area contributed by atoms with Crippen LogP contribution in [0.15, 0.2) is 12.7 Å². The fourth-order valence-corrected chi connectivity index (χ4v) is 1.85. The van der Waals surface area contributed by atoms with Gasteiger partial charge in [0.2, 0.25) is 0 Å². The van der Waals surface area contributed by atoms with Crippen LogP contribution in [-0.2, 0) is 9.47 Å². The molecule has 0 radical (unpaired) electrons. The molecule has 1 heterocycles. The van der Waals surface area contributed by atoms with E-state index in [1.807, 2.05) is 0 Å². The van der Waals surface area contributed by atoms with Gasteiger partial charge in [-0.3, -0.25) is 0 Å². The first-order valence-corrected chi connectivity index (χ1v) is 6.31. The second-order valence-electron chi connectivity index (χ2n) is 4.29. The molecule has 94 valence electrons. The highest BCUT2D eigenvalue weighted by Crippen LogP contribution is 2.20. The molecule has 0 aliphatic carbocycles. The summed E-state index contributed by atoms with van der Waals surface area (Å²) in [5, 5.41) is 0. The van der Waals surface area contributed by atoms with Gasteiger partial charge in [-0.1, -0.05) is 25.8 Å². The maximum atomic E-state index is 13.8. The lowest BCUT2D eigenvalue weighted by Crippen LogP contribution is -2.32. The number of ether oxygens (including phenoxy) is 2. The molecule has 0 aromatic heterocycles. The lowest BCUT2D eigenvalue weighted by Gasteiger charge is -2.27. The third-order valence-electron chi connectivity index (χ3n) is 2.87. The SMILES string of the molecule is C=CC(OC1CCCCO1)C(F)CCCC. The molecule has 3 atom stereocenters. The highest BCUT2D eigenvalue weighted by atomic mass is 19.1. The molecule has 0 N–H and O–H groups in total. The molecule has 2 nitrogen and oxygen atoms in total. The summed E-state index contributed by atoms with van der Waals surface area (Å²) in [6, 6.07) is 0. The Bertz CT molecular complexity index is 190. The van der Waals surface area contributed by atoms with Crippen LogP contribution in [0.3, 0.4) is 0 Å². The maximum Gasteiger partial charge on any atom is 0.158 e. The van der Waals surface area contributed by atoms with Crippen LogP contribution in [-0.4, -0.2) is 25.2 Å². The van der Waals surface area contributed by atoms with E-state index in [0.717, 1.165) is 38.7 Å². The summed E-state index contributed by atoms with van der Waals surface area (Å²) in [7, 11) is 0. The minimum atomic E-state index is -0.956. The van der Waals surface area contributed by atoms with Crippen molar-refractivity contribution in [2.45, 2.75) is 64.0 Å². The first-order valence-electron chi connectivity index (χ1n) is 6.31. The van der Waals surface area contributed by atoms with Crippen LogP contribution in [0.4, 0.5) is 4.39 Å². The summed E-state index contributed by atoms with van der Waals surface area (Å²) in [4.78, 5) is 0. The lowest BCUT2D eigenvalue weighted by atomic mass is 10.1. The van der Waals surface area contributed by atoms with Gasteiger partial charge >= 0.3 is 0 Å². The van der Waals surface area contributed by atoms with Gasteiger partial charge in [-0.2, -0.15) is 0 Å². The van der Waals surface area contributed by atoms with Crippen molar-refractivity contribution in [2.75, 3.05) is 6.61 Å². The largest absolute Gasteiger partial charge is 0.353 e.